The second-order valence-corrected chi connectivity index (χ2v) is 12.4. The summed E-state index contributed by atoms with van der Waals surface area (Å²) in [4.78, 5) is 0. The van der Waals surface area contributed by atoms with Crippen molar-refractivity contribution in [2.24, 2.45) is 0 Å². The van der Waals surface area contributed by atoms with E-state index < -0.39 is 5.69 Å². The van der Waals surface area contributed by atoms with E-state index in [1.54, 1.807) is 0 Å². The van der Waals surface area contributed by atoms with Gasteiger partial charge in [0.25, 0.3) is 0 Å². The third-order valence-electron chi connectivity index (χ3n) is 4.50. The summed E-state index contributed by atoms with van der Waals surface area (Å²) >= 11 is 9.80. The molecule has 0 aromatic heterocycles. The van der Waals surface area contributed by atoms with Crippen molar-refractivity contribution in [3.8, 4) is 0 Å². The van der Waals surface area contributed by atoms with Crippen LogP contribution in [-0.2, 0) is 20.9 Å². The van der Waals surface area contributed by atoms with Gasteiger partial charge in [0.1, 0.15) is 0 Å². The van der Waals surface area contributed by atoms with Gasteiger partial charge in [-0.15, -0.1) is 0 Å². The molecule has 0 aliphatic heterocycles. The Labute approximate surface area is 181 Å². The quantitative estimate of drug-likeness (QED) is 0.115. The van der Waals surface area contributed by atoms with Crippen molar-refractivity contribution in [3.63, 3.8) is 0 Å². The number of hydrogen-bond donors (Lipinski definition) is 1. The Hall–Kier alpha value is 1.27. The topological polar surface area (TPSA) is 18.5 Å². The molecule has 0 aromatic rings. The molecule has 0 aromatic carbocycles. The first-order valence-corrected chi connectivity index (χ1v) is 14.5. The van der Waals surface area contributed by atoms with Crippen molar-refractivity contribution < 1.29 is 9.05 Å². The van der Waals surface area contributed by atoms with Crippen LogP contribution in [0.15, 0.2) is 0 Å². The molecule has 0 aliphatic rings. The van der Waals surface area contributed by atoms with Gasteiger partial charge in [-0.1, -0.05) is 116 Å². The summed E-state index contributed by atoms with van der Waals surface area (Å²) in [5, 5.41) is 0. The molecule has 0 atom stereocenters. The van der Waals surface area contributed by atoms with Crippen LogP contribution in [-0.4, -0.2) is 13.2 Å². The highest BCUT2D eigenvalue weighted by Crippen LogP contribution is 2.53. The minimum Gasteiger partial charge on any atom is -0.322 e. The van der Waals surface area contributed by atoms with Crippen molar-refractivity contribution in [1.29, 1.82) is 0 Å². The van der Waals surface area contributed by atoms with E-state index in [0.717, 1.165) is 12.8 Å². The SMILES string of the molecule is CCCCCCCCCCOP(=S)(S)OCCCCCCCCCC.S. The van der Waals surface area contributed by atoms with Crippen LogP contribution >= 0.6 is 31.4 Å². The zero-order valence-electron chi connectivity index (χ0n) is 17.3. The summed E-state index contributed by atoms with van der Waals surface area (Å²) in [6.07, 6.45) is 20.8. The Morgan fingerprint density at radius 1 is 0.577 bits per heavy atom. The average molecular weight is 445 g/mol. The van der Waals surface area contributed by atoms with Gasteiger partial charge in [-0.2, -0.15) is 13.5 Å². The zero-order valence-corrected chi connectivity index (χ0v) is 21.0. The Balaban J connectivity index is 0. The largest absolute Gasteiger partial charge is 0.322 e. The molecule has 0 bridgehead atoms. The van der Waals surface area contributed by atoms with Gasteiger partial charge in [0, 0.05) is 0 Å². The van der Waals surface area contributed by atoms with E-state index in [0.29, 0.717) is 13.2 Å². The minimum atomic E-state index is -2.31. The average Bonchev–Trinajstić information content (AvgIpc) is 2.59. The highest BCUT2D eigenvalue weighted by atomic mass is 32.9. The molecule has 0 spiro atoms. The van der Waals surface area contributed by atoms with Crippen LogP contribution in [0.4, 0.5) is 0 Å². The lowest BCUT2D eigenvalue weighted by Gasteiger charge is -2.16. The van der Waals surface area contributed by atoms with Gasteiger partial charge in [0.2, 0.25) is 5.69 Å². The third kappa shape index (κ3) is 23.3. The van der Waals surface area contributed by atoms with Crippen molar-refractivity contribution in [1.82, 2.24) is 0 Å². The second kappa shape index (κ2) is 22.6. The summed E-state index contributed by atoms with van der Waals surface area (Å²) in [5.41, 5.74) is -2.31. The molecule has 0 fully saturated rings. The smallest absolute Gasteiger partial charge is 0.244 e. The van der Waals surface area contributed by atoms with Crippen molar-refractivity contribution in [2.75, 3.05) is 13.2 Å². The van der Waals surface area contributed by atoms with Gasteiger partial charge in [0.05, 0.1) is 13.2 Å². The highest BCUT2D eigenvalue weighted by Gasteiger charge is 2.12. The van der Waals surface area contributed by atoms with Gasteiger partial charge in [-0.25, -0.2) is 0 Å². The molecular weight excluding hydrogens is 399 g/mol. The predicted molar refractivity (Wildman–Crippen MR) is 131 cm³/mol. The van der Waals surface area contributed by atoms with Crippen molar-refractivity contribution >= 4 is 43.2 Å². The molecule has 0 aliphatic carbocycles. The maximum Gasteiger partial charge on any atom is 0.244 e. The Bertz CT molecular complexity index is 291. The molecule has 0 heterocycles. The van der Waals surface area contributed by atoms with E-state index in [1.807, 2.05) is 0 Å². The molecule has 0 rings (SSSR count). The van der Waals surface area contributed by atoms with E-state index in [1.165, 1.54) is 89.9 Å². The van der Waals surface area contributed by atoms with E-state index in [-0.39, 0.29) is 13.5 Å². The molecule has 0 saturated carbocycles. The third-order valence-corrected chi connectivity index (χ3v) is 6.85. The molecule has 0 amide bonds. The number of unbranched alkanes of at least 4 members (excludes halogenated alkanes) is 14. The lowest BCUT2D eigenvalue weighted by Crippen LogP contribution is -1.96. The molecule has 0 radical (unpaired) electrons. The van der Waals surface area contributed by atoms with Crippen molar-refractivity contribution in [3.05, 3.63) is 0 Å². The molecule has 6 heteroatoms. The number of rotatable bonds is 20. The van der Waals surface area contributed by atoms with Gasteiger partial charge in [-0.3, -0.25) is 0 Å². The minimum absolute atomic E-state index is 0. The van der Waals surface area contributed by atoms with Crippen LogP contribution in [0.2, 0.25) is 0 Å². The summed E-state index contributed by atoms with van der Waals surface area (Å²) < 4.78 is 11.4. The Kier molecular flexibility index (Phi) is 25.6. The first kappa shape index (κ1) is 29.5. The molecule has 26 heavy (non-hydrogen) atoms. The summed E-state index contributed by atoms with van der Waals surface area (Å²) in [6.45, 7) is 5.92. The summed E-state index contributed by atoms with van der Waals surface area (Å²) in [5.74, 6) is 0. The van der Waals surface area contributed by atoms with Gasteiger partial charge in [-0.05, 0) is 24.6 Å². The fraction of sp³-hybridized carbons (Fsp3) is 1.00. The van der Waals surface area contributed by atoms with Crippen molar-refractivity contribution in [2.45, 2.75) is 117 Å². The normalized spacial score (nSPS) is 11.5. The molecule has 0 N–H and O–H groups in total. The fourth-order valence-corrected chi connectivity index (χ4v) is 4.60. The Morgan fingerprint density at radius 2 is 0.846 bits per heavy atom. The summed E-state index contributed by atoms with van der Waals surface area (Å²) in [6, 6.07) is 0. The molecular formula is C20H45O2PS3. The first-order chi connectivity index (χ1) is 12.1. The molecule has 2 nitrogen and oxygen atoms in total. The molecule has 160 valence electrons. The molecule has 0 saturated heterocycles. The van der Waals surface area contributed by atoms with Crippen LogP contribution in [0, 0.1) is 0 Å². The van der Waals surface area contributed by atoms with Gasteiger partial charge < -0.3 is 9.05 Å². The van der Waals surface area contributed by atoms with E-state index in [2.05, 4.69) is 26.1 Å². The van der Waals surface area contributed by atoms with E-state index >= 15 is 0 Å². The summed E-state index contributed by atoms with van der Waals surface area (Å²) in [7, 11) is 0. The highest BCUT2D eigenvalue weighted by molar-refractivity contribution is 8.60. The Morgan fingerprint density at radius 3 is 1.15 bits per heavy atom. The number of hydrogen-bond acceptors (Lipinski definition) is 3. The lowest BCUT2D eigenvalue weighted by molar-refractivity contribution is 0.250. The lowest BCUT2D eigenvalue weighted by atomic mass is 10.1. The zero-order chi connectivity index (χ0) is 18.6. The van der Waals surface area contributed by atoms with Gasteiger partial charge >= 0.3 is 0 Å². The first-order valence-electron chi connectivity index (χ1n) is 10.7. The standard InChI is InChI=1S/C20H43O2PS2.H2S/c1-3-5-7-9-11-13-15-17-19-21-23(24,25)22-20-18-16-14-12-10-8-6-4-2;/h3-20H2,1-2H3,(H,24,25);1H2. The maximum atomic E-state index is 5.71. The molecule has 0 unspecified atom stereocenters. The monoisotopic (exact) mass is 444 g/mol. The van der Waals surface area contributed by atoms with Crippen LogP contribution < -0.4 is 0 Å². The predicted octanol–water partition coefficient (Wildman–Crippen LogP) is 8.57. The fourth-order valence-electron chi connectivity index (χ4n) is 2.87. The number of thiol groups is 1. The van der Waals surface area contributed by atoms with Crippen LogP contribution in [0.3, 0.4) is 0 Å². The van der Waals surface area contributed by atoms with Crippen LogP contribution in [0.5, 0.6) is 0 Å². The van der Waals surface area contributed by atoms with Crippen LogP contribution in [0.1, 0.15) is 117 Å². The van der Waals surface area contributed by atoms with Gasteiger partial charge in [0.15, 0.2) is 0 Å². The maximum absolute atomic E-state index is 5.71. The van der Waals surface area contributed by atoms with Crippen LogP contribution in [0.25, 0.3) is 0 Å². The second-order valence-electron chi connectivity index (χ2n) is 7.08. The van der Waals surface area contributed by atoms with E-state index in [9.17, 15) is 0 Å². The van der Waals surface area contributed by atoms with E-state index in [4.69, 9.17) is 20.9 Å².